The van der Waals surface area contributed by atoms with E-state index in [-0.39, 0.29) is 0 Å². The fourth-order valence-electron chi connectivity index (χ4n) is 4.52. The highest BCUT2D eigenvalue weighted by atomic mass is 16.2. The first-order chi connectivity index (χ1) is 9.22. The number of carbonyl (C=O) groups is 1. The fraction of sp³-hybridized carbons (Fsp3) is 0.938. The van der Waals surface area contributed by atoms with Crippen LogP contribution < -0.4 is 5.32 Å². The Kier molecular flexibility index (Phi) is 4.11. The molecule has 2 aliphatic carbocycles. The molecule has 1 amide bonds. The Morgan fingerprint density at radius 1 is 1.21 bits per heavy atom. The molecule has 3 rings (SSSR count). The van der Waals surface area contributed by atoms with Gasteiger partial charge in [-0.1, -0.05) is 12.8 Å². The number of amides is 1. The zero-order valence-corrected chi connectivity index (χ0v) is 12.2. The van der Waals surface area contributed by atoms with Gasteiger partial charge in [0.2, 0.25) is 5.91 Å². The van der Waals surface area contributed by atoms with Crippen LogP contribution in [0.1, 0.15) is 51.4 Å². The predicted molar refractivity (Wildman–Crippen MR) is 76.8 cm³/mol. The van der Waals surface area contributed by atoms with Crippen molar-refractivity contribution in [1.82, 2.24) is 10.2 Å². The smallest absolute Gasteiger partial charge is 0.223 e. The van der Waals surface area contributed by atoms with E-state index in [1.807, 2.05) is 11.9 Å². The van der Waals surface area contributed by atoms with Crippen LogP contribution in [-0.4, -0.2) is 37.0 Å². The monoisotopic (exact) mass is 264 g/mol. The van der Waals surface area contributed by atoms with Gasteiger partial charge in [0, 0.05) is 26.1 Å². The maximum Gasteiger partial charge on any atom is 0.223 e. The van der Waals surface area contributed by atoms with Crippen molar-refractivity contribution in [1.29, 1.82) is 0 Å². The number of hydrogen-bond donors (Lipinski definition) is 1. The third-order valence-electron chi connectivity index (χ3n) is 5.65. The summed E-state index contributed by atoms with van der Waals surface area (Å²) in [6.45, 7) is 2.10. The molecule has 1 saturated heterocycles. The molecule has 108 valence electrons. The molecule has 0 aromatic rings. The van der Waals surface area contributed by atoms with Gasteiger partial charge in [-0.25, -0.2) is 0 Å². The second-order valence-electron chi connectivity index (χ2n) is 7.06. The van der Waals surface area contributed by atoms with E-state index in [9.17, 15) is 4.79 Å². The van der Waals surface area contributed by atoms with Crippen molar-refractivity contribution in [2.45, 2.75) is 57.4 Å². The minimum absolute atomic E-state index is 0.349. The third-order valence-corrected chi connectivity index (χ3v) is 5.65. The van der Waals surface area contributed by atoms with Crippen LogP contribution >= 0.6 is 0 Å². The molecule has 1 heterocycles. The highest BCUT2D eigenvalue weighted by Gasteiger charge is 2.40. The highest BCUT2D eigenvalue weighted by Crippen LogP contribution is 2.48. The van der Waals surface area contributed by atoms with Gasteiger partial charge in [-0.2, -0.15) is 0 Å². The zero-order chi connectivity index (χ0) is 13.2. The predicted octanol–water partition coefficient (Wildman–Crippen LogP) is 2.41. The maximum absolute atomic E-state index is 12.3. The Morgan fingerprint density at radius 3 is 2.74 bits per heavy atom. The number of piperidine rings is 1. The van der Waals surface area contributed by atoms with Gasteiger partial charge >= 0.3 is 0 Å². The normalized spacial score (nSPS) is 37.5. The molecular formula is C16H28N2O. The Balaban J connectivity index is 1.44. The molecule has 0 spiro atoms. The van der Waals surface area contributed by atoms with E-state index in [4.69, 9.17) is 0 Å². The minimum atomic E-state index is 0.349. The molecule has 2 bridgehead atoms. The lowest BCUT2D eigenvalue weighted by Crippen LogP contribution is -2.41. The van der Waals surface area contributed by atoms with Crippen LogP contribution in [0.25, 0.3) is 0 Å². The van der Waals surface area contributed by atoms with Crippen LogP contribution in [0.5, 0.6) is 0 Å². The standard InChI is InChI=1S/C16H28N2O/c1-18(11-14-9-12-5-6-13(14)8-12)16(19)10-15-4-2-3-7-17-15/h12-15,17H,2-11H2,1H3. The Labute approximate surface area is 117 Å². The Morgan fingerprint density at radius 2 is 2.11 bits per heavy atom. The SMILES string of the molecule is CN(CC1CC2CCC1C2)C(=O)CC1CCCCN1. The lowest BCUT2D eigenvalue weighted by molar-refractivity contribution is -0.131. The van der Waals surface area contributed by atoms with E-state index in [0.717, 1.165) is 30.8 Å². The number of fused-ring (bicyclic) bond motifs is 2. The van der Waals surface area contributed by atoms with Crippen LogP contribution in [0, 0.1) is 17.8 Å². The van der Waals surface area contributed by atoms with E-state index in [1.54, 1.807) is 0 Å². The summed E-state index contributed by atoms with van der Waals surface area (Å²) >= 11 is 0. The van der Waals surface area contributed by atoms with Gasteiger partial charge in [0.25, 0.3) is 0 Å². The molecule has 4 unspecified atom stereocenters. The highest BCUT2D eigenvalue weighted by molar-refractivity contribution is 5.76. The summed E-state index contributed by atoms with van der Waals surface area (Å²) < 4.78 is 0. The van der Waals surface area contributed by atoms with E-state index < -0.39 is 0 Å². The number of carbonyl (C=O) groups excluding carboxylic acids is 1. The largest absolute Gasteiger partial charge is 0.345 e. The first-order valence-electron chi connectivity index (χ1n) is 8.19. The number of hydrogen-bond acceptors (Lipinski definition) is 2. The van der Waals surface area contributed by atoms with E-state index in [1.165, 1.54) is 44.9 Å². The molecule has 3 nitrogen and oxygen atoms in total. The van der Waals surface area contributed by atoms with E-state index in [0.29, 0.717) is 18.4 Å². The van der Waals surface area contributed by atoms with E-state index >= 15 is 0 Å². The second kappa shape index (κ2) is 5.82. The van der Waals surface area contributed by atoms with Gasteiger partial charge in [0.05, 0.1) is 0 Å². The molecule has 0 aromatic heterocycles. The number of rotatable bonds is 4. The zero-order valence-electron chi connectivity index (χ0n) is 12.2. The van der Waals surface area contributed by atoms with Gasteiger partial charge in [-0.3, -0.25) is 4.79 Å². The summed E-state index contributed by atoms with van der Waals surface area (Å²) in [5.74, 6) is 3.06. The molecule has 0 aromatic carbocycles. The molecule has 1 aliphatic heterocycles. The summed E-state index contributed by atoms with van der Waals surface area (Å²) in [4.78, 5) is 14.3. The second-order valence-corrected chi connectivity index (χ2v) is 7.06. The molecule has 4 atom stereocenters. The van der Waals surface area contributed by atoms with Crippen molar-refractivity contribution in [2.24, 2.45) is 17.8 Å². The van der Waals surface area contributed by atoms with Crippen LogP contribution in [0.4, 0.5) is 0 Å². The molecule has 3 aliphatic rings. The summed E-state index contributed by atoms with van der Waals surface area (Å²) in [7, 11) is 2.01. The number of nitrogens with zero attached hydrogens (tertiary/aromatic N) is 1. The minimum Gasteiger partial charge on any atom is -0.345 e. The van der Waals surface area contributed by atoms with Gasteiger partial charge < -0.3 is 10.2 Å². The molecule has 3 fully saturated rings. The van der Waals surface area contributed by atoms with E-state index in [2.05, 4.69) is 5.32 Å². The molecule has 19 heavy (non-hydrogen) atoms. The van der Waals surface area contributed by atoms with Crippen molar-refractivity contribution in [3.8, 4) is 0 Å². The maximum atomic E-state index is 12.3. The van der Waals surface area contributed by atoms with Gasteiger partial charge in [-0.15, -0.1) is 0 Å². The van der Waals surface area contributed by atoms with Crippen molar-refractivity contribution in [2.75, 3.05) is 20.1 Å². The first-order valence-corrected chi connectivity index (χ1v) is 8.19. The van der Waals surface area contributed by atoms with Crippen LogP contribution in [0.2, 0.25) is 0 Å². The Bertz CT molecular complexity index is 325. The quantitative estimate of drug-likeness (QED) is 0.845. The van der Waals surface area contributed by atoms with Crippen LogP contribution in [0.15, 0.2) is 0 Å². The third kappa shape index (κ3) is 3.13. The summed E-state index contributed by atoms with van der Waals surface area (Å²) in [5, 5.41) is 3.48. The molecule has 1 N–H and O–H groups in total. The number of nitrogens with one attached hydrogen (secondary N) is 1. The average molecular weight is 264 g/mol. The van der Waals surface area contributed by atoms with Gasteiger partial charge in [-0.05, 0) is 56.4 Å². The molecule has 0 radical (unpaired) electrons. The average Bonchev–Trinajstić information content (AvgIpc) is 3.02. The topological polar surface area (TPSA) is 32.3 Å². The first kappa shape index (κ1) is 13.4. The van der Waals surface area contributed by atoms with Crippen molar-refractivity contribution < 1.29 is 4.79 Å². The molecular weight excluding hydrogens is 236 g/mol. The fourth-order valence-corrected chi connectivity index (χ4v) is 4.52. The van der Waals surface area contributed by atoms with Crippen molar-refractivity contribution >= 4 is 5.91 Å². The van der Waals surface area contributed by atoms with Gasteiger partial charge in [0.15, 0.2) is 0 Å². The summed E-state index contributed by atoms with van der Waals surface area (Å²) in [5.41, 5.74) is 0. The lowest BCUT2D eigenvalue weighted by Gasteiger charge is -2.29. The van der Waals surface area contributed by atoms with Crippen molar-refractivity contribution in [3.05, 3.63) is 0 Å². The molecule has 3 heteroatoms. The van der Waals surface area contributed by atoms with Gasteiger partial charge in [0.1, 0.15) is 0 Å². The Hall–Kier alpha value is -0.570. The van der Waals surface area contributed by atoms with Crippen LogP contribution in [-0.2, 0) is 4.79 Å². The molecule has 2 saturated carbocycles. The summed E-state index contributed by atoms with van der Waals surface area (Å²) in [6.07, 6.45) is 10.1. The van der Waals surface area contributed by atoms with Crippen LogP contribution in [0.3, 0.4) is 0 Å². The van der Waals surface area contributed by atoms with Crippen molar-refractivity contribution in [3.63, 3.8) is 0 Å². The summed E-state index contributed by atoms with van der Waals surface area (Å²) in [6, 6.07) is 0.434. The lowest BCUT2D eigenvalue weighted by atomic mass is 9.88.